The van der Waals surface area contributed by atoms with Crippen LogP contribution in [-0.2, 0) is 10.0 Å². The van der Waals surface area contributed by atoms with E-state index in [1.807, 2.05) is 22.6 Å². The zero-order valence-electron chi connectivity index (χ0n) is 15.5. The molecule has 3 N–H and O–H groups in total. The first kappa shape index (κ1) is 22.8. The molecule has 0 radical (unpaired) electrons. The maximum Gasteiger partial charge on any atom is 0.256 e. The first-order valence-corrected chi connectivity index (χ1v) is 11.5. The number of carbonyl (C=O) groups is 1. The normalized spacial score (nSPS) is 15.6. The Morgan fingerprint density at radius 1 is 1.20 bits per heavy atom. The second-order valence-electron chi connectivity index (χ2n) is 7.01. The summed E-state index contributed by atoms with van der Waals surface area (Å²) in [7, 11) is -3.53. The maximum absolute atomic E-state index is 14.5. The molecule has 1 saturated heterocycles. The van der Waals surface area contributed by atoms with Gasteiger partial charge in [-0.25, -0.2) is 26.3 Å². The van der Waals surface area contributed by atoms with Crippen LogP contribution in [0.5, 0.6) is 0 Å². The highest BCUT2D eigenvalue weighted by Crippen LogP contribution is 2.31. The number of halogens is 4. The summed E-state index contributed by atoms with van der Waals surface area (Å²) >= 11 is 1.89. The number of nitrogens with one attached hydrogen (secondary N) is 2. The Hall–Kier alpha value is -1.90. The molecule has 12 heteroatoms. The van der Waals surface area contributed by atoms with Crippen molar-refractivity contribution < 1.29 is 31.5 Å². The fourth-order valence-electron chi connectivity index (χ4n) is 2.93. The van der Waals surface area contributed by atoms with Crippen molar-refractivity contribution in [3.05, 3.63) is 56.9 Å². The average Bonchev–Trinajstić information content (AvgIpc) is 2.62. The molecule has 0 bridgehead atoms. The molecule has 3 rings (SSSR count). The average molecular weight is 555 g/mol. The van der Waals surface area contributed by atoms with E-state index >= 15 is 0 Å². The van der Waals surface area contributed by atoms with E-state index in [-0.39, 0.29) is 30.9 Å². The third-order valence-electron chi connectivity index (χ3n) is 4.44. The van der Waals surface area contributed by atoms with Gasteiger partial charge in [-0.3, -0.25) is 4.79 Å². The van der Waals surface area contributed by atoms with Crippen LogP contribution < -0.4 is 10.0 Å². The molecule has 0 aliphatic carbocycles. The summed E-state index contributed by atoms with van der Waals surface area (Å²) < 4.78 is 67.5. The largest absolute Gasteiger partial charge is 0.385 e. The lowest BCUT2D eigenvalue weighted by Gasteiger charge is -2.46. The zero-order chi connectivity index (χ0) is 22.3. The number of aliphatic hydroxyl groups is 1. The van der Waals surface area contributed by atoms with Crippen LogP contribution in [0.1, 0.15) is 10.4 Å². The van der Waals surface area contributed by atoms with Crippen molar-refractivity contribution in [3.63, 3.8) is 0 Å². The van der Waals surface area contributed by atoms with Crippen LogP contribution >= 0.6 is 22.6 Å². The van der Waals surface area contributed by atoms with Crippen LogP contribution in [0.4, 0.5) is 24.5 Å². The van der Waals surface area contributed by atoms with Gasteiger partial charge >= 0.3 is 0 Å². The number of nitrogens with zero attached hydrogens (tertiary/aromatic N) is 1. The molecule has 1 heterocycles. The van der Waals surface area contributed by atoms with Gasteiger partial charge in [-0.1, -0.05) is 0 Å². The predicted octanol–water partition coefficient (Wildman–Crippen LogP) is 2.19. The predicted molar refractivity (Wildman–Crippen MR) is 112 cm³/mol. The molecule has 0 spiro atoms. The molecule has 7 nitrogen and oxygen atoms in total. The topological polar surface area (TPSA) is 98.7 Å². The Balaban J connectivity index is 1.83. The molecule has 0 saturated carbocycles. The molecule has 1 amide bonds. The third kappa shape index (κ3) is 5.04. The summed E-state index contributed by atoms with van der Waals surface area (Å²) in [5, 5.41) is 12.7. The Bertz CT molecular complexity index is 1110. The number of benzene rings is 2. The van der Waals surface area contributed by atoms with Gasteiger partial charge in [0.1, 0.15) is 11.4 Å². The summed E-state index contributed by atoms with van der Waals surface area (Å²) in [6.07, 6.45) is 0.931. The molecule has 1 aliphatic heterocycles. The van der Waals surface area contributed by atoms with E-state index in [4.69, 9.17) is 0 Å². The number of anilines is 2. The van der Waals surface area contributed by atoms with Crippen molar-refractivity contribution in [2.45, 2.75) is 5.60 Å². The van der Waals surface area contributed by atoms with E-state index in [1.165, 1.54) is 12.1 Å². The number of likely N-dealkylation sites (tertiary alicyclic amines) is 1. The number of amides is 1. The summed E-state index contributed by atoms with van der Waals surface area (Å²) in [6.45, 7) is -0.734. The standard InChI is InChI=1S/C18H17F3IN3O4S/c1-30(28,29)23-7-18(27)8-25(9-18)17(26)11-3-4-12(19)15(21)16(11)24-14-5-2-10(22)6-13(14)20/h2-6,23-24,27H,7-9H2,1H3. The molecule has 0 atom stereocenters. The van der Waals surface area contributed by atoms with Crippen LogP contribution in [0.3, 0.4) is 0 Å². The molecule has 1 aliphatic rings. The van der Waals surface area contributed by atoms with E-state index < -0.39 is 44.7 Å². The quantitative estimate of drug-likeness (QED) is 0.475. The highest BCUT2D eigenvalue weighted by molar-refractivity contribution is 14.1. The van der Waals surface area contributed by atoms with E-state index in [0.29, 0.717) is 3.57 Å². The lowest BCUT2D eigenvalue weighted by atomic mass is 9.93. The van der Waals surface area contributed by atoms with Gasteiger partial charge in [-0.15, -0.1) is 0 Å². The maximum atomic E-state index is 14.5. The highest BCUT2D eigenvalue weighted by Gasteiger charge is 2.44. The minimum absolute atomic E-state index is 0.147. The molecule has 1 fully saturated rings. The molecular weight excluding hydrogens is 538 g/mol. The number of hydrogen-bond acceptors (Lipinski definition) is 5. The Morgan fingerprint density at radius 2 is 1.87 bits per heavy atom. The fraction of sp³-hybridized carbons (Fsp3) is 0.278. The van der Waals surface area contributed by atoms with Gasteiger partial charge in [0, 0.05) is 10.1 Å². The summed E-state index contributed by atoms with van der Waals surface area (Å²) in [4.78, 5) is 13.9. The lowest BCUT2D eigenvalue weighted by molar-refractivity contribution is -0.0755. The Morgan fingerprint density at radius 3 is 2.47 bits per heavy atom. The molecule has 30 heavy (non-hydrogen) atoms. The van der Waals surface area contributed by atoms with Crippen molar-refractivity contribution in [3.8, 4) is 0 Å². The molecule has 0 unspecified atom stereocenters. The van der Waals surface area contributed by atoms with Gasteiger partial charge in [0.15, 0.2) is 11.6 Å². The van der Waals surface area contributed by atoms with E-state index in [9.17, 15) is 31.5 Å². The summed E-state index contributed by atoms with van der Waals surface area (Å²) in [5.41, 5.74) is -2.42. The summed E-state index contributed by atoms with van der Waals surface area (Å²) in [6, 6.07) is 5.89. The minimum Gasteiger partial charge on any atom is -0.385 e. The van der Waals surface area contributed by atoms with Crippen molar-refractivity contribution in [2.24, 2.45) is 0 Å². The second-order valence-corrected chi connectivity index (χ2v) is 10.1. The van der Waals surface area contributed by atoms with Crippen LogP contribution in [-0.4, -0.2) is 55.8 Å². The van der Waals surface area contributed by atoms with E-state index in [2.05, 4.69) is 10.0 Å². The van der Waals surface area contributed by atoms with Gasteiger partial charge in [0.25, 0.3) is 5.91 Å². The molecule has 2 aromatic carbocycles. The van der Waals surface area contributed by atoms with Crippen molar-refractivity contribution in [2.75, 3.05) is 31.2 Å². The van der Waals surface area contributed by atoms with Crippen molar-refractivity contribution in [1.82, 2.24) is 9.62 Å². The van der Waals surface area contributed by atoms with Gasteiger partial charge < -0.3 is 15.3 Å². The lowest BCUT2D eigenvalue weighted by Crippen LogP contribution is -2.67. The summed E-state index contributed by atoms with van der Waals surface area (Å²) in [5.74, 6) is -4.02. The number of β-amino-alcohol motifs (C(OH)–C–C–N with tert-alkyl or cyclic N) is 1. The third-order valence-corrected chi connectivity index (χ3v) is 5.78. The molecule has 2 aromatic rings. The number of carbonyl (C=O) groups excluding carboxylic acids is 1. The van der Waals surface area contributed by atoms with Crippen molar-refractivity contribution >= 4 is 49.9 Å². The van der Waals surface area contributed by atoms with Crippen LogP contribution in [0.15, 0.2) is 30.3 Å². The Kier molecular flexibility index (Phi) is 6.32. The molecule has 162 valence electrons. The fourth-order valence-corrected chi connectivity index (χ4v) is 3.92. The first-order chi connectivity index (χ1) is 13.9. The number of rotatable bonds is 6. The van der Waals surface area contributed by atoms with Gasteiger partial charge in [0.2, 0.25) is 10.0 Å². The van der Waals surface area contributed by atoms with Crippen LogP contribution in [0.2, 0.25) is 0 Å². The van der Waals surface area contributed by atoms with Gasteiger partial charge in [-0.05, 0) is 52.9 Å². The van der Waals surface area contributed by atoms with E-state index in [1.54, 1.807) is 6.07 Å². The number of sulfonamides is 1. The smallest absolute Gasteiger partial charge is 0.256 e. The van der Waals surface area contributed by atoms with Gasteiger partial charge in [0.05, 0.1) is 36.3 Å². The first-order valence-electron chi connectivity index (χ1n) is 8.55. The van der Waals surface area contributed by atoms with E-state index in [0.717, 1.165) is 23.3 Å². The van der Waals surface area contributed by atoms with Crippen LogP contribution in [0, 0.1) is 21.0 Å². The van der Waals surface area contributed by atoms with Crippen molar-refractivity contribution in [1.29, 1.82) is 0 Å². The zero-order valence-corrected chi connectivity index (χ0v) is 18.5. The minimum atomic E-state index is -3.53. The second kappa shape index (κ2) is 8.32. The highest BCUT2D eigenvalue weighted by atomic mass is 127. The van der Waals surface area contributed by atoms with Crippen LogP contribution in [0.25, 0.3) is 0 Å². The SMILES string of the molecule is CS(=O)(=O)NCC1(O)CN(C(=O)c2ccc(F)c(F)c2Nc2ccc(I)cc2F)C1. The molecular formula is C18H17F3IN3O4S. The monoisotopic (exact) mass is 555 g/mol. The Labute approximate surface area is 184 Å². The number of hydrogen-bond donors (Lipinski definition) is 3. The van der Waals surface area contributed by atoms with Gasteiger partial charge in [-0.2, -0.15) is 0 Å². The molecule has 0 aromatic heterocycles.